The van der Waals surface area contributed by atoms with E-state index >= 15 is 0 Å². The van der Waals surface area contributed by atoms with E-state index in [4.69, 9.17) is 26.1 Å². The number of benzene rings is 2. The van der Waals surface area contributed by atoms with Gasteiger partial charge in [-0.15, -0.1) is 0 Å². The van der Waals surface area contributed by atoms with Crippen molar-refractivity contribution >= 4 is 29.0 Å². The van der Waals surface area contributed by atoms with Crippen LogP contribution in [0.2, 0.25) is 0 Å². The Morgan fingerprint density at radius 1 is 1.05 bits per heavy atom. The Morgan fingerprint density at radius 3 is 2.57 bits per heavy atom. The van der Waals surface area contributed by atoms with Crippen molar-refractivity contribution in [2.45, 2.75) is 32.0 Å². The summed E-state index contributed by atoms with van der Waals surface area (Å²) < 4.78 is 17.1. The second kappa shape index (κ2) is 10.4. The maximum Gasteiger partial charge on any atom is 0.337 e. The predicted molar refractivity (Wildman–Crippen MR) is 146 cm³/mol. The van der Waals surface area contributed by atoms with Crippen LogP contribution in [0.3, 0.4) is 0 Å². The molecule has 0 bridgehead atoms. The number of rotatable bonds is 7. The average Bonchev–Trinajstić information content (AvgIpc) is 3.54. The lowest BCUT2D eigenvalue weighted by Crippen LogP contribution is -2.29. The molecule has 4 aromatic rings. The monoisotopic (exact) mass is 513 g/mol. The van der Waals surface area contributed by atoms with Crippen LogP contribution in [-0.2, 0) is 4.74 Å². The Kier molecular flexibility index (Phi) is 6.92. The number of hydrogen-bond donors (Lipinski definition) is 1. The molecule has 1 saturated heterocycles. The molecule has 0 radical (unpaired) electrons. The number of esters is 1. The molecule has 0 spiro atoms. The largest absolute Gasteiger partial charge is 0.491 e. The Morgan fingerprint density at radius 2 is 1.86 bits per heavy atom. The van der Waals surface area contributed by atoms with E-state index in [9.17, 15) is 4.79 Å². The number of methoxy groups -OCH3 is 1. The fourth-order valence-electron chi connectivity index (χ4n) is 4.46. The zero-order valence-electron chi connectivity index (χ0n) is 20.8. The number of carbonyl (C=O) groups is 1. The van der Waals surface area contributed by atoms with Gasteiger partial charge in [-0.3, -0.25) is 4.98 Å². The lowest BCUT2D eigenvalue weighted by Gasteiger charge is -2.26. The lowest BCUT2D eigenvalue weighted by molar-refractivity contribution is 0.0600. The van der Waals surface area contributed by atoms with Gasteiger partial charge in [0.2, 0.25) is 0 Å². The summed E-state index contributed by atoms with van der Waals surface area (Å²) in [7, 11) is 1.36. The molecular weight excluding hydrogens is 486 g/mol. The number of pyridine rings is 1. The van der Waals surface area contributed by atoms with Gasteiger partial charge in [-0.05, 0) is 86.7 Å². The van der Waals surface area contributed by atoms with E-state index in [1.165, 1.54) is 7.11 Å². The molecule has 0 unspecified atom stereocenters. The van der Waals surface area contributed by atoms with Gasteiger partial charge in [-0.1, -0.05) is 18.2 Å². The molecule has 8 heteroatoms. The Bertz CT molecular complexity index is 1400. The van der Waals surface area contributed by atoms with E-state index in [2.05, 4.69) is 10.3 Å². The second-order valence-electron chi connectivity index (χ2n) is 8.93. The van der Waals surface area contributed by atoms with Crippen LogP contribution in [0.5, 0.6) is 5.75 Å². The number of ether oxygens (including phenoxy) is 2. The highest BCUT2D eigenvalue weighted by molar-refractivity contribution is 7.80. The smallest absolute Gasteiger partial charge is 0.337 e. The SMILES string of the molecule is COC(=O)c1cccc(-c2ccc([C@H]3[C@@H](c4ccccn4)NC(=S)N3c3ccc(OC(C)C)cc3)o2)c1. The minimum absolute atomic E-state index is 0.0842. The van der Waals surface area contributed by atoms with Gasteiger partial charge in [0.15, 0.2) is 5.11 Å². The van der Waals surface area contributed by atoms with Crippen molar-refractivity contribution in [3.8, 4) is 17.1 Å². The highest BCUT2D eigenvalue weighted by Crippen LogP contribution is 2.43. The number of carbonyl (C=O) groups excluding carboxylic acids is 1. The summed E-state index contributed by atoms with van der Waals surface area (Å²) in [6, 6.07) is 24.2. The predicted octanol–water partition coefficient (Wildman–Crippen LogP) is 6.09. The summed E-state index contributed by atoms with van der Waals surface area (Å²) in [6.07, 6.45) is 1.85. The Hall–Kier alpha value is -4.17. The van der Waals surface area contributed by atoms with Crippen LogP contribution in [0, 0.1) is 0 Å². The molecule has 1 aliphatic heterocycles. The van der Waals surface area contributed by atoms with Crippen molar-refractivity contribution in [1.29, 1.82) is 0 Å². The van der Waals surface area contributed by atoms with Crippen LogP contribution < -0.4 is 15.0 Å². The molecule has 188 valence electrons. The normalized spacial score (nSPS) is 17.1. The molecule has 3 heterocycles. The van der Waals surface area contributed by atoms with E-state index < -0.39 is 5.97 Å². The fourth-order valence-corrected chi connectivity index (χ4v) is 4.81. The fraction of sp³-hybridized carbons (Fsp3) is 0.207. The second-order valence-corrected chi connectivity index (χ2v) is 9.32. The van der Waals surface area contributed by atoms with E-state index in [0.29, 0.717) is 22.2 Å². The van der Waals surface area contributed by atoms with E-state index in [1.807, 2.05) is 79.4 Å². The molecule has 2 aromatic heterocycles. The van der Waals surface area contributed by atoms with Crippen LogP contribution in [-0.4, -0.2) is 29.3 Å². The summed E-state index contributed by atoms with van der Waals surface area (Å²) in [5, 5.41) is 4.01. The van der Waals surface area contributed by atoms with Crippen molar-refractivity contribution in [3.63, 3.8) is 0 Å². The zero-order valence-corrected chi connectivity index (χ0v) is 21.6. The van der Waals surface area contributed by atoms with Gasteiger partial charge in [0.1, 0.15) is 23.3 Å². The van der Waals surface area contributed by atoms with Gasteiger partial charge >= 0.3 is 5.97 Å². The van der Waals surface area contributed by atoms with Gasteiger partial charge in [-0.2, -0.15) is 0 Å². The van der Waals surface area contributed by atoms with Crippen molar-refractivity contribution in [1.82, 2.24) is 10.3 Å². The maximum absolute atomic E-state index is 12.0. The van der Waals surface area contributed by atoms with Gasteiger partial charge in [0, 0.05) is 17.4 Å². The van der Waals surface area contributed by atoms with E-state index in [0.717, 1.165) is 22.7 Å². The summed E-state index contributed by atoms with van der Waals surface area (Å²) in [5.41, 5.74) is 2.99. The molecule has 0 saturated carbocycles. The molecule has 2 aromatic carbocycles. The lowest BCUT2D eigenvalue weighted by atomic mass is 10.0. The standard InChI is InChI=1S/C29H27N3O4S/c1-18(2)35-22-12-10-21(11-13-22)32-27(26(31-29(32)37)23-9-4-5-16-30-23)25-15-14-24(36-25)19-7-6-8-20(17-19)28(33)34-3/h4-18,26-27H,1-3H3,(H,31,37)/t26-,27+/m1/s1. The molecule has 5 rings (SSSR count). The van der Waals surface area contributed by atoms with E-state index in [-0.39, 0.29) is 18.2 Å². The molecule has 2 atom stereocenters. The number of aromatic nitrogens is 1. The van der Waals surface area contributed by atoms with Gasteiger partial charge in [-0.25, -0.2) is 4.79 Å². The minimum atomic E-state index is -0.398. The number of thiocarbonyl (C=S) groups is 1. The molecular formula is C29H27N3O4S. The minimum Gasteiger partial charge on any atom is -0.491 e. The molecule has 7 nitrogen and oxygen atoms in total. The van der Waals surface area contributed by atoms with E-state index in [1.54, 1.807) is 24.4 Å². The van der Waals surface area contributed by atoms with Crippen molar-refractivity contribution in [3.05, 3.63) is 102 Å². The molecule has 1 N–H and O–H groups in total. The Balaban J connectivity index is 1.54. The third-order valence-electron chi connectivity index (χ3n) is 6.07. The number of furan rings is 1. The Labute approximate surface area is 221 Å². The molecule has 37 heavy (non-hydrogen) atoms. The van der Waals surface area contributed by atoms with Crippen molar-refractivity contribution < 1.29 is 18.7 Å². The number of anilines is 1. The first kappa shape index (κ1) is 24.5. The summed E-state index contributed by atoms with van der Waals surface area (Å²) in [4.78, 5) is 18.7. The first-order valence-electron chi connectivity index (χ1n) is 12.0. The number of hydrogen-bond acceptors (Lipinski definition) is 6. The summed E-state index contributed by atoms with van der Waals surface area (Å²) in [5.74, 6) is 1.74. The van der Waals surface area contributed by atoms with Gasteiger partial charge in [0.25, 0.3) is 0 Å². The van der Waals surface area contributed by atoms with Crippen molar-refractivity contribution in [2.75, 3.05) is 12.0 Å². The number of nitrogens with one attached hydrogen (secondary N) is 1. The van der Waals surface area contributed by atoms with Crippen LogP contribution >= 0.6 is 12.2 Å². The topological polar surface area (TPSA) is 76.8 Å². The van der Waals surface area contributed by atoms with Gasteiger partial charge in [0.05, 0.1) is 30.5 Å². The van der Waals surface area contributed by atoms with Crippen LogP contribution in [0.4, 0.5) is 5.69 Å². The first-order valence-corrected chi connectivity index (χ1v) is 12.4. The summed E-state index contributed by atoms with van der Waals surface area (Å²) in [6.45, 7) is 3.99. The third-order valence-corrected chi connectivity index (χ3v) is 6.39. The van der Waals surface area contributed by atoms with Gasteiger partial charge < -0.3 is 24.1 Å². The highest BCUT2D eigenvalue weighted by Gasteiger charge is 2.42. The molecule has 0 amide bonds. The maximum atomic E-state index is 12.0. The highest BCUT2D eigenvalue weighted by atomic mass is 32.1. The quantitative estimate of drug-likeness (QED) is 0.235. The first-order chi connectivity index (χ1) is 17.9. The average molecular weight is 514 g/mol. The molecule has 0 aliphatic carbocycles. The summed E-state index contributed by atoms with van der Waals surface area (Å²) >= 11 is 5.80. The van der Waals surface area contributed by atoms with Crippen molar-refractivity contribution in [2.24, 2.45) is 0 Å². The van der Waals surface area contributed by atoms with Crippen LogP contribution in [0.15, 0.2) is 89.5 Å². The zero-order chi connectivity index (χ0) is 25.9. The molecule has 1 fully saturated rings. The van der Waals surface area contributed by atoms with Crippen LogP contribution in [0.1, 0.15) is 47.7 Å². The number of nitrogens with zero attached hydrogens (tertiary/aromatic N) is 2. The van der Waals surface area contributed by atoms with Crippen LogP contribution in [0.25, 0.3) is 11.3 Å². The molecule has 1 aliphatic rings. The third kappa shape index (κ3) is 5.06.